The predicted octanol–water partition coefficient (Wildman–Crippen LogP) is 0.247. The Morgan fingerprint density at radius 1 is 1.05 bits per heavy atom. The van der Waals surface area contributed by atoms with Gasteiger partial charge in [0, 0.05) is 0 Å². The fourth-order valence-electron chi connectivity index (χ4n) is 1.62. The first-order valence-corrected chi connectivity index (χ1v) is 5.65. The molecule has 8 heteroatoms. The first kappa shape index (κ1) is 11.5. The van der Waals surface area contributed by atoms with Gasteiger partial charge in [0.1, 0.15) is 11.8 Å². The van der Waals surface area contributed by atoms with Crippen LogP contribution in [0.5, 0.6) is 0 Å². The SMILES string of the molecule is OCc1cnc(CNc2ncnc3[nH]cnc23)cn1. The number of aliphatic hydroxyl groups is 1. The van der Waals surface area contributed by atoms with Crippen LogP contribution < -0.4 is 5.32 Å². The molecule has 3 heterocycles. The summed E-state index contributed by atoms with van der Waals surface area (Å²) in [6.07, 6.45) is 6.19. The summed E-state index contributed by atoms with van der Waals surface area (Å²) in [5, 5.41) is 12.0. The van der Waals surface area contributed by atoms with E-state index in [9.17, 15) is 0 Å². The molecular formula is C11H11N7O. The van der Waals surface area contributed by atoms with Gasteiger partial charge in [-0.2, -0.15) is 0 Å². The van der Waals surface area contributed by atoms with Gasteiger partial charge in [0.25, 0.3) is 0 Å². The molecule has 0 spiro atoms. The van der Waals surface area contributed by atoms with Gasteiger partial charge in [0.15, 0.2) is 11.5 Å². The van der Waals surface area contributed by atoms with E-state index in [1.165, 1.54) is 6.33 Å². The zero-order valence-electron chi connectivity index (χ0n) is 9.91. The molecule has 0 aromatic carbocycles. The fraction of sp³-hybridized carbons (Fsp3) is 0.182. The van der Waals surface area contributed by atoms with Crippen LogP contribution in [0.25, 0.3) is 11.2 Å². The maximum Gasteiger partial charge on any atom is 0.162 e. The monoisotopic (exact) mass is 257 g/mol. The Morgan fingerprint density at radius 2 is 1.89 bits per heavy atom. The summed E-state index contributed by atoms with van der Waals surface area (Å²) in [5.41, 5.74) is 2.65. The molecule has 0 radical (unpaired) electrons. The van der Waals surface area contributed by atoms with E-state index in [0.29, 0.717) is 29.2 Å². The Morgan fingerprint density at radius 3 is 2.68 bits per heavy atom. The molecule has 3 rings (SSSR count). The highest BCUT2D eigenvalue weighted by Crippen LogP contribution is 2.14. The third-order valence-corrected chi connectivity index (χ3v) is 2.57. The molecule has 0 bridgehead atoms. The Kier molecular flexibility index (Phi) is 2.99. The molecule has 8 nitrogen and oxygen atoms in total. The molecule has 19 heavy (non-hydrogen) atoms. The summed E-state index contributed by atoms with van der Waals surface area (Å²) in [7, 11) is 0. The van der Waals surface area contributed by atoms with Crippen molar-refractivity contribution in [3.63, 3.8) is 0 Å². The van der Waals surface area contributed by atoms with Crippen molar-refractivity contribution in [3.8, 4) is 0 Å². The number of fused-ring (bicyclic) bond motifs is 1. The van der Waals surface area contributed by atoms with E-state index in [0.717, 1.165) is 5.69 Å². The topological polar surface area (TPSA) is 112 Å². The molecule has 3 aromatic heterocycles. The van der Waals surface area contributed by atoms with Crippen LogP contribution >= 0.6 is 0 Å². The highest BCUT2D eigenvalue weighted by Gasteiger charge is 2.05. The van der Waals surface area contributed by atoms with Gasteiger partial charge >= 0.3 is 0 Å². The smallest absolute Gasteiger partial charge is 0.162 e. The largest absolute Gasteiger partial charge is 0.390 e. The van der Waals surface area contributed by atoms with E-state index in [-0.39, 0.29) is 6.61 Å². The number of aromatic amines is 1. The van der Waals surface area contributed by atoms with Gasteiger partial charge < -0.3 is 15.4 Å². The van der Waals surface area contributed by atoms with Crippen LogP contribution in [-0.4, -0.2) is 35.0 Å². The third kappa shape index (κ3) is 2.33. The standard InChI is InChI=1S/C11H11N7O/c19-4-8-3-12-7(1-13-8)2-14-10-9-11(16-5-15-9)18-6-17-10/h1,3,5-6,19H,2,4H2,(H2,14,15,16,17,18). The van der Waals surface area contributed by atoms with Crippen LogP contribution in [-0.2, 0) is 13.2 Å². The Bertz CT molecular complexity index is 679. The lowest BCUT2D eigenvalue weighted by Gasteiger charge is -2.05. The van der Waals surface area contributed by atoms with Gasteiger partial charge in [0.2, 0.25) is 0 Å². The molecule has 0 aliphatic carbocycles. The van der Waals surface area contributed by atoms with E-state index in [1.807, 2.05) is 0 Å². The molecule has 96 valence electrons. The highest BCUT2D eigenvalue weighted by molar-refractivity contribution is 5.81. The quantitative estimate of drug-likeness (QED) is 0.614. The van der Waals surface area contributed by atoms with Crippen molar-refractivity contribution >= 4 is 17.0 Å². The van der Waals surface area contributed by atoms with Crippen LogP contribution in [0.4, 0.5) is 5.82 Å². The van der Waals surface area contributed by atoms with Crippen molar-refractivity contribution in [3.05, 3.63) is 36.4 Å². The van der Waals surface area contributed by atoms with Crippen molar-refractivity contribution in [1.29, 1.82) is 0 Å². The zero-order valence-corrected chi connectivity index (χ0v) is 9.91. The third-order valence-electron chi connectivity index (χ3n) is 2.57. The van der Waals surface area contributed by atoms with Gasteiger partial charge in [-0.05, 0) is 0 Å². The molecule has 0 saturated heterocycles. The van der Waals surface area contributed by atoms with Crippen LogP contribution in [0.2, 0.25) is 0 Å². The lowest BCUT2D eigenvalue weighted by atomic mass is 10.4. The van der Waals surface area contributed by atoms with E-state index < -0.39 is 0 Å². The van der Waals surface area contributed by atoms with Crippen molar-refractivity contribution in [2.75, 3.05) is 5.32 Å². The highest BCUT2D eigenvalue weighted by atomic mass is 16.3. The van der Waals surface area contributed by atoms with Gasteiger partial charge in [-0.15, -0.1) is 0 Å². The summed E-state index contributed by atoms with van der Waals surface area (Å²) in [5.74, 6) is 0.638. The first-order chi connectivity index (χ1) is 9.36. The molecule has 0 amide bonds. The molecule has 0 saturated carbocycles. The molecular weight excluding hydrogens is 246 g/mol. The number of hydrogen-bond donors (Lipinski definition) is 3. The van der Waals surface area contributed by atoms with Crippen molar-refractivity contribution < 1.29 is 5.11 Å². The van der Waals surface area contributed by atoms with Gasteiger partial charge in [0.05, 0.1) is 43.3 Å². The Balaban J connectivity index is 1.76. The molecule has 0 atom stereocenters. The van der Waals surface area contributed by atoms with Crippen molar-refractivity contribution in [2.24, 2.45) is 0 Å². The van der Waals surface area contributed by atoms with Crippen LogP contribution in [0, 0.1) is 0 Å². The van der Waals surface area contributed by atoms with Crippen molar-refractivity contribution in [1.82, 2.24) is 29.9 Å². The minimum atomic E-state index is -0.111. The lowest BCUT2D eigenvalue weighted by Crippen LogP contribution is -2.05. The van der Waals surface area contributed by atoms with Gasteiger partial charge in [-0.25, -0.2) is 15.0 Å². The van der Waals surface area contributed by atoms with Gasteiger partial charge in [-0.3, -0.25) is 9.97 Å². The Labute approximate surface area is 108 Å². The average Bonchev–Trinajstić information content (AvgIpc) is 2.94. The second-order valence-corrected chi connectivity index (χ2v) is 3.83. The lowest BCUT2D eigenvalue weighted by molar-refractivity contribution is 0.276. The number of rotatable bonds is 4. The van der Waals surface area contributed by atoms with Crippen LogP contribution in [0.1, 0.15) is 11.4 Å². The van der Waals surface area contributed by atoms with E-state index >= 15 is 0 Å². The van der Waals surface area contributed by atoms with Crippen LogP contribution in [0.3, 0.4) is 0 Å². The molecule has 0 aliphatic rings. The summed E-state index contributed by atoms with van der Waals surface area (Å²) in [6.45, 7) is 0.359. The summed E-state index contributed by atoms with van der Waals surface area (Å²) >= 11 is 0. The van der Waals surface area contributed by atoms with E-state index in [4.69, 9.17) is 5.11 Å². The minimum Gasteiger partial charge on any atom is -0.390 e. The molecule has 0 unspecified atom stereocenters. The minimum absolute atomic E-state index is 0.111. The number of aromatic nitrogens is 6. The molecule has 0 fully saturated rings. The summed E-state index contributed by atoms with van der Waals surface area (Å²) in [4.78, 5) is 23.5. The number of H-pyrrole nitrogens is 1. The molecule has 0 aliphatic heterocycles. The van der Waals surface area contributed by atoms with E-state index in [1.54, 1.807) is 18.7 Å². The first-order valence-electron chi connectivity index (χ1n) is 5.65. The summed E-state index contributed by atoms with van der Waals surface area (Å²) in [6, 6.07) is 0. The zero-order chi connectivity index (χ0) is 13.1. The second kappa shape index (κ2) is 4.94. The number of anilines is 1. The van der Waals surface area contributed by atoms with Gasteiger partial charge in [-0.1, -0.05) is 0 Å². The number of nitrogens with zero attached hydrogens (tertiary/aromatic N) is 5. The fourth-order valence-corrected chi connectivity index (χ4v) is 1.62. The maximum absolute atomic E-state index is 8.88. The average molecular weight is 257 g/mol. The normalized spacial score (nSPS) is 10.8. The summed E-state index contributed by atoms with van der Waals surface area (Å²) < 4.78 is 0. The van der Waals surface area contributed by atoms with E-state index in [2.05, 4.69) is 35.2 Å². The number of imidazole rings is 1. The van der Waals surface area contributed by atoms with Crippen molar-refractivity contribution in [2.45, 2.75) is 13.2 Å². The predicted molar refractivity (Wildman–Crippen MR) is 67.0 cm³/mol. The number of nitrogens with one attached hydrogen (secondary N) is 2. The molecule has 3 N–H and O–H groups in total. The molecule has 3 aromatic rings. The van der Waals surface area contributed by atoms with Crippen LogP contribution in [0.15, 0.2) is 25.0 Å². The Hall–Kier alpha value is -2.61. The second-order valence-electron chi connectivity index (χ2n) is 3.83. The number of hydrogen-bond acceptors (Lipinski definition) is 7. The maximum atomic E-state index is 8.88. The number of aliphatic hydroxyl groups excluding tert-OH is 1.